The molecule has 3 nitrogen and oxygen atoms in total. The Labute approximate surface area is 156 Å². The molecule has 0 aromatic carbocycles. The van der Waals surface area contributed by atoms with Crippen LogP contribution in [-0.4, -0.2) is 71.1 Å². The molecular weight excluding hydrogens is 306 g/mol. The van der Waals surface area contributed by atoms with Crippen LogP contribution in [0.1, 0.15) is 67.2 Å². The topological polar surface area (TPSA) is 9.72 Å². The lowest BCUT2D eigenvalue weighted by atomic mass is 9.84. The largest absolute Gasteiger partial charge is 0.298 e. The molecule has 144 valence electrons. The van der Waals surface area contributed by atoms with Crippen molar-refractivity contribution in [2.24, 2.45) is 5.92 Å². The van der Waals surface area contributed by atoms with Gasteiger partial charge in [0.1, 0.15) is 0 Å². The van der Waals surface area contributed by atoms with Crippen LogP contribution < -0.4 is 0 Å². The quantitative estimate of drug-likeness (QED) is 0.645. The maximum atomic E-state index is 2.85. The van der Waals surface area contributed by atoms with Gasteiger partial charge < -0.3 is 0 Å². The predicted molar refractivity (Wildman–Crippen MR) is 108 cm³/mol. The normalized spacial score (nSPS) is 31.1. The second-order valence-electron chi connectivity index (χ2n) is 9.49. The summed E-state index contributed by atoms with van der Waals surface area (Å²) in [5, 5.41) is 0. The number of piperazine rings is 1. The molecule has 3 aliphatic heterocycles. The van der Waals surface area contributed by atoms with Crippen molar-refractivity contribution in [3.63, 3.8) is 0 Å². The molecule has 4 unspecified atom stereocenters. The highest BCUT2D eigenvalue weighted by atomic mass is 15.4. The van der Waals surface area contributed by atoms with Crippen LogP contribution in [0.2, 0.25) is 0 Å². The number of likely N-dealkylation sites (tertiary alicyclic amines) is 2. The average Bonchev–Trinajstić information content (AvgIpc) is 2.59. The first-order valence-corrected chi connectivity index (χ1v) is 10.8. The van der Waals surface area contributed by atoms with Gasteiger partial charge >= 0.3 is 0 Å². The molecule has 0 spiro atoms. The molecule has 0 aromatic rings. The highest BCUT2D eigenvalue weighted by Crippen LogP contribution is 2.36. The molecule has 2 bridgehead atoms. The van der Waals surface area contributed by atoms with E-state index in [0.717, 1.165) is 30.1 Å². The molecule has 25 heavy (non-hydrogen) atoms. The van der Waals surface area contributed by atoms with E-state index >= 15 is 0 Å². The van der Waals surface area contributed by atoms with Crippen molar-refractivity contribution in [2.75, 3.05) is 26.2 Å². The third kappa shape index (κ3) is 4.31. The summed E-state index contributed by atoms with van der Waals surface area (Å²) < 4.78 is 0. The first-order chi connectivity index (χ1) is 11.9. The Hall–Kier alpha value is -0.380. The molecule has 3 aliphatic rings. The molecule has 3 heteroatoms. The van der Waals surface area contributed by atoms with Crippen LogP contribution in [0.5, 0.6) is 0 Å². The molecule has 2 fully saturated rings. The maximum Gasteiger partial charge on any atom is 0.0244 e. The first-order valence-electron chi connectivity index (χ1n) is 10.8. The second-order valence-corrected chi connectivity index (χ2v) is 9.49. The number of rotatable bonds is 7. The Morgan fingerprint density at radius 1 is 0.920 bits per heavy atom. The van der Waals surface area contributed by atoms with Crippen molar-refractivity contribution >= 4 is 0 Å². The van der Waals surface area contributed by atoms with Gasteiger partial charge in [-0.3, -0.25) is 14.7 Å². The Kier molecular flexibility index (Phi) is 6.28. The third-order valence-corrected chi connectivity index (χ3v) is 7.16. The van der Waals surface area contributed by atoms with Crippen molar-refractivity contribution in [1.29, 1.82) is 0 Å². The van der Waals surface area contributed by atoms with Gasteiger partial charge in [0.15, 0.2) is 0 Å². The zero-order valence-corrected chi connectivity index (χ0v) is 17.5. The molecule has 3 heterocycles. The fraction of sp³-hybridized carbons (Fsp3) is 0.909. The lowest BCUT2D eigenvalue weighted by Gasteiger charge is -2.59. The van der Waals surface area contributed by atoms with Crippen molar-refractivity contribution in [3.8, 4) is 0 Å². The van der Waals surface area contributed by atoms with Crippen molar-refractivity contribution in [2.45, 2.75) is 97.4 Å². The number of fused-ring (bicyclic) bond motifs is 2. The Bertz CT molecular complexity index is 458. The van der Waals surface area contributed by atoms with Crippen molar-refractivity contribution in [3.05, 3.63) is 11.6 Å². The Morgan fingerprint density at radius 3 is 2.08 bits per heavy atom. The van der Waals surface area contributed by atoms with E-state index in [0.29, 0.717) is 6.04 Å². The Balaban J connectivity index is 1.42. The summed E-state index contributed by atoms with van der Waals surface area (Å²) in [4.78, 5) is 8.21. The van der Waals surface area contributed by atoms with E-state index in [2.05, 4.69) is 62.3 Å². The highest BCUT2D eigenvalue weighted by molar-refractivity contribution is 5.10. The zero-order valence-electron chi connectivity index (χ0n) is 17.5. The van der Waals surface area contributed by atoms with Gasteiger partial charge in [0.25, 0.3) is 0 Å². The summed E-state index contributed by atoms with van der Waals surface area (Å²) in [7, 11) is 0. The lowest BCUT2D eigenvalue weighted by Crippen LogP contribution is -2.71. The summed E-state index contributed by atoms with van der Waals surface area (Å²) in [6.07, 6.45) is 7.91. The second kappa shape index (κ2) is 8.10. The van der Waals surface area contributed by atoms with Gasteiger partial charge in [0.2, 0.25) is 0 Å². The third-order valence-electron chi connectivity index (χ3n) is 7.16. The fourth-order valence-electron chi connectivity index (χ4n) is 5.25. The van der Waals surface area contributed by atoms with E-state index < -0.39 is 0 Å². The molecular formula is C22H41N3. The number of hydrogen-bond donors (Lipinski definition) is 0. The van der Waals surface area contributed by atoms with E-state index in [-0.39, 0.29) is 0 Å². The number of piperidine rings is 1. The maximum absolute atomic E-state index is 2.85. The van der Waals surface area contributed by atoms with E-state index in [1.165, 1.54) is 51.9 Å². The highest BCUT2D eigenvalue weighted by Gasteiger charge is 2.46. The molecule has 0 aromatic heterocycles. The van der Waals surface area contributed by atoms with Crippen LogP contribution in [-0.2, 0) is 0 Å². The van der Waals surface area contributed by atoms with Gasteiger partial charge in [-0.15, -0.1) is 0 Å². The molecule has 0 saturated carbocycles. The van der Waals surface area contributed by atoms with Crippen molar-refractivity contribution in [1.82, 2.24) is 14.7 Å². The average molecular weight is 348 g/mol. The van der Waals surface area contributed by atoms with Gasteiger partial charge in [-0.25, -0.2) is 0 Å². The summed E-state index contributed by atoms with van der Waals surface area (Å²) in [6, 6.07) is 3.86. The predicted octanol–water partition coefficient (Wildman–Crippen LogP) is 4.00. The minimum absolute atomic E-state index is 0.714. The summed E-state index contributed by atoms with van der Waals surface area (Å²) in [6.45, 7) is 19.3. The minimum atomic E-state index is 0.714. The molecule has 4 atom stereocenters. The van der Waals surface area contributed by atoms with Gasteiger partial charge in [-0.05, 0) is 59.3 Å². The van der Waals surface area contributed by atoms with Gasteiger partial charge in [-0.2, -0.15) is 0 Å². The van der Waals surface area contributed by atoms with Crippen LogP contribution in [0.25, 0.3) is 0 Å². The Morgan fingerprint density at radius 2 is 1.56 bits per heavy atom. The van der Waals surface area contributed by atoms with Crippen molar-refractivity contribution < 1.29 is 0 Å². The molecule has 0 N–H and O–H groups in total. The van der Waals surface area contributed by atoms with Crippen LogP contribution in [0.15, 0.2) is 11.6 Å². The van der Waals surface area contributed by atoms with Gasteiger partial charge in [0.05, 0.1) is 0 Å². The zero-order chi connectivity index (χ0) is 18.1. The first kappa shape index (κ1) is 19.4. The molecule has 3 rings (SSSR count). The van der Waals surface area contributed by atoms with Crippen LogP contribution in [0, 0.1) is 5.92 Å². The summed E-state index contributed by atoms with van der Waals surface area (Å²) in [5.41, 5.74) is 1.67. The monoisotopic (exact) mass is 347 g/mol. The molecule has 0 radical (unpaired) electrons. The molecule has 2 saturated heterocycles. The smallest absolute Gasteiger partial charge is 0.0244 e. The van der Waals surface area contributed by atoms with Crippen LogP contribution in [0.3, 0.4) is 0 Å². The SMILES string of the molecule is CC(C)C1=CCN(C(C)CCC(C)N2C3CC2CN(C(C)C)C3)CC1. The van der Waals surface area contributed by atoms with E-state index in [1.807, 2.05) is 0 Å². The fourth-order valence-corrected chi connectivity index (χ4v) is 5.25. The summed E-state index contributed by atoms with van der Waals surface area (Å²) >= 11 is 0. The van der Waals surface area contributed by atoms with Gasteiger partial charge in [0, 0.05) is 56.4 Å². The molecule has 0 amide bonds. The van der Waals surface area contributed by atoms with Crippen LogP contribution in [0.4, 0.5) is 0 Å². The van der Waals surface area contributed by atoms with E-state index in [4.69, 9.17) is 0 Å². The number of hydrogen-bond acceptors (Lipinski definition) is 3. The van der Waals surface area contributed by atoms with Gasteiger partial charge in [-0.1, -0.05) is 25.5 Å². The number of nitrogens with zero attached hydrogens (tertiary/aromatic N) is 3. The standard InChI is InChI=1S/C22H41N3/c1-16(2)20-9-11-23(12-10-20)18(5)7-8-19(6)25-21-13-22(25)15-24(14-21)17(3)4/h9,16-19,21-22H,7-8,10-15H2,1-6H3. The van der Waals surface area contributed by atoms with E-state index in [9.17, 15) is 0 Å². The van der Waals surface area contributed by atoms with E-state index in [1.54, 1.807) is 5.57 Å². The lowest BCUT2D eigenvalue weighted by molar-refractivity contribution is -0.102. The van der Waals surface area contributed by atoms with Crippen LogP contribution >= 0.6 is 0 Å². The summed E-state index contributed by atoms with van der Waals surface area (Å²) in [5.74, 6) is 0.730. The molecule has 0 aliphatic carbocycles. The minimum Gasteiger partial charge on any atom is -0.298 e.